The third-order valence-electron chi connectivity index (χ3n) is 2.76. The number of carbonyl (C=O) groups is 3. The minimum Gasteiger partial charge on any atom is -0.481 e. The summed E-state index contributed by atoms with van der Waals surface area (Å²) in [4.78, 5) is 34.6. The Hall–Kier alpha value is -1.83. The summed E-state index contributed by atoms with van der Waals surface area (Å²) in [7, 11) is 1.23. The average molecular weight is 259 g/mol. The molecule has 0 radical (unpaired) electrons. The Labute approximate surface area is 104 Å². The van der Waals surface area contributed by atoms with Gasteiger partial charge in [0.25, 0.3) is 0 Å². The van der Waals surface area contributed by atoms with Gasteiger partial charge in [0.05, 0.1) is 19.6 Å². The summed E-state index contributed by atoms with van der Waals surface area (Å²) < 4.78 is 4.46. The molecule has 0 aromatic carbocycles. The van der Waals surface area contributed by atoms with Crippen LogP contribution in [0.25, 0.3) is 0 Å². The van der Waals surface area contributed by atoms with Crippen LogP contribution in [0.5, 0.6) is 0 Å². The number of alkyl carbamates (subject to hydrolysis) is 1. The number of piperidine rings is 1. The number of carbonyl (C=O) groups excluding carboxylic acids is 2. The fraction of sp³-hybridized carbons (Fsp3) is 0.700. The van der Waals surface area contributed by atoms with Gasteiger partial charge >= 0.3 is 12.1 Å². The normalized spacial score (nSPS) is 24.3. The number of carboxylic acid groups (broad SMARTS) is 1. The van der Waals surface area contributed by atoms with Gasteiger partial charge in [-0.1, -0.05) is 0 Å². The van der Waals surface area contributed by atoms with E-state index >= 15 is 0 Å². The second-order valence-electron chi connectivity index (χ2n) is 4.26. The molecule has 18 heavy (non-hydrogen) atoms. The highest BCUT2D eigenvalue weighted by Gasteiger charge is 2.32. The van der Waals surface area contributed by atoms with Crippen molar-refractivity contribution in [1.29, 1.82) is 0 Å². The molecule has 1 aliphatic heterocycles. The molecule has 0 aromatic rings. The number of nitrogens with zero attached hydrogens (tertiary/aromatic N) is 1. The highest BCUT2D eigenvalue weighted by atomic mass is 16.5. The van der Waals surface area contributed by atoms with Crippen LogP contribution < -0.4 is 11.1 Å². The second-order valence-corrected chi connectivity index (χ2v) is 4.26. The van der Waals surface area contributed by atoms with Gasteiger partial charge in [-0.2, -0.15) is 0 Å². The average Bonchev–Trinajstić information content (AvgIpc) is 2.27. The third-order valence-corrected chi connectivity index (χ3v) is 2.76. The van der Waals surface area contributed by atoms with Gasteiger partial charge in [-0.05, 0) is 6.42 Å². The number of nitrogens with two attached hydrogens (primary N) is 1. The zero-order valence-electron chi connectivity index (χ0n) is 10.1. The van der Waals surface area contributed by atoms with Crippen LogP contribution in [0.4, 0.5) is 4.79 Å². The van der Waals surface area contributed by atoms with Crippen LogP contribution in [0, 0.1) is 5.92 Å². The van der Waals surface area contributed by atoms with Crippen molar-refractivity contribution < 1.29 is 24.2 Å². The number of rotatable bonds is 4. The van der Waals surface area contributed by atoms with Gasteiger partial charge in [-0.15, -0.1) is 0 Å². The van der Waals surface area contributed by atoms with E-state index in [1.54, 1.807) is 4.90 Å². The molecule has 2 unspecified atom stereocenters. The first kappa shape index (κ1) is 14.2. The summed E-state index contributed by atoms with van der Waals surface area (Å²) in [6.07, 6.45) is -0.315. The van der Waals surface area contributed by atoms with E-state index in [0.717, 1.165) is 0 Å². The first-order valence-electron chi connectivity index (χ1n) is 5.50. The molecule has 1 saturated heterocycles. The van der Waals surface area contributed by atoms with Gasteiger partial charge in [0, 0.05) is 19.1 Å². The number of likely N-dealkylation sites (tertiary alicyclic amines) is 1. The number of hydrogen-bond donors (Lipinski definition) is 3. The molecule has 1 aliphatic rings. The molecule has 4 N–H and O–H groups in total. The second kappa shape index (κ2) is 6.20. The lowest BCUT2D eigenvalue weighted by molar-refractivity contribution is -0.144. The number of carboxylic acids is 1. The summed E-state index contributed by atoms with van der Waals surface area (Å²) in [6, 6.07) is -0.369. The minimum absolute atomic E-state index is 0.0247. The standard InChI is InChI=1S/C10H17N3O5/c1-18-10(17)12-7-2-6(9(15)16)3-13(4-7)5-8(11)14/h6-7H,2-5H2,1H3,(H2,11,14)(H,12,17)(H,15,16). The SMILES string of the molecule is COC(=O)NC1CC(C(=O)O)CN(CC(N)=O)C1. The molecule has 1 heterocycles. The lowest BCUT2D eigenvalue weighted by atomic mass is 9.94. The van der Waals surface area contributed by atoms with Crippen LogP contribution in [0.3, 0.4) is 0 Å². The van der Waals surface area contributed by atoms with Crippen LogP contribution in [-0.4, -0.2) is 60.8 Å². The number of methoxy groups -OCH3 is 1. The Morgan fingerprint density at radius 2 is 2.11 bits per heavy atom. The lowest BCUT2D eigenvalue weighted by Gasteiger charge is -2.35. The van der Waals surface area contributed by atoms with Crippen molar-refractivity contribution >= 4 is 18.0 Å². The van der Waals surface area contributed by atoms with Crippen molar-refractivity contribution in [3.8, 4) is 0 Å². The first-order chi connectivity index (χ1) is 8.42. The van der Waals surface area contributed by atoms with Crippen LogP contribution in [-0.2, 0) is 14.3 Å². The van der Waals surface area contributed by atoms with Gasteiger partial charge < -0.3 is 20.9 Å². The lowest BCUT2D eigenvalue weighted by Crippen LogP contribution is -2.53. The van der Waals surface area contributed by atoms with E-state index in [-0.39, 0.29) is 19.1 Å². The minimum atomic E-state index is -0.958. The molecule has 2 atom stereocenters. The van der Waals surface area contributed by atoms with Crippen molar-refractivity contribution in [3.05, 3.63) is 0 Å². The quantitative estimate of drug-likeness (QED) is 0.571. The molecule has 8 nitrogen and oxygen atoms in total. The third kappa shape index (κ3) is 4.21. The van der Waals surface area contributed by atoms with Gasteiger partial charge in [0.15, 0.2) is 0 Å². The summed E-state index contributed by atoms with van der Waals surface area (Å²) in [5.74, 6) is -2.13. The van der Waals surface area contributed by atoms with Gasteiger partial charge in [0.2, 0.25) is 5.91 Å². The molecular formula is C10H17N3O5. The maximum atomic E-state index is 11.1. The van der Waals surface area contributed by atoms with Crippen molar-refractivity contribution in [1.82, 2.24) is 10.2 Å². The predicted molar refractivity (Wildman–Crippen MR) is 60.7 cm³/mol. The summed E-state index contributed by atoms with van der Waals surface area (Å²) in [5.41, 5.74) is 5.08. The maximum Gasteiger partial charge on any atom is 0.407 e. The summed E-state index contributed by atoms with van der Waals surface area (Å²) in [6.45, 7) is 0.600. The van der Waals surface area contributed by atoms with Crippen molar-refractivity contribution in [3.63, 3.8) is 0 Å². The number of hydrogen-bond acceptors (Lipinski definition) is 5. The van der Waals surface area contributed by atoms with E-state index in [0.29, 0.717) is 13.0 Å². The highest BCUT2D eigenvalue weighted by molar-refractivity contribution is 5.76. The Morgan fingerprint density at radius 1 is 1.44 bits per heavy atom. The molecular weight excluding hydrogens is 242 g/mol. The molecule has 0 aromatic heterocycles. The van der Waals surface area contributed by atoms with E-state index in [4.69, 9.17) is 10.8 Å². The van der Waals surface area contributed by atoms with Crippen molar-refractivity contribution in [2.75, 3.05) is 26.7 Å². The molecule has 0 saturated carbocycles. The molecule has 0 bridgehead atoms. The van der Waals surface area contributed by atoms with Crippen molar-refractivity contribution in [2.45, 2.75) is 12.5 Å². The van der Waals surface area contributed by atoms with Crippen LogP contribution in [0.1, 0.15) is 6.42 Å². The molecule has 2 amide bonds. The number of amides is 2. The molecule has 0 aliphatic carbocycles. The summed E-state index contributed by atoms with van der Waals surface area (Å²) >= 11 is 0. The fourth-order valence-corrected chi connectivity index (χ4v) is 2.05. The van der Waals surface area contributed by atoms with E-state index in [9.17, 15) is 14.4 Å². The molecule has 8 heteroatoms. The summed E-state index contributed by atoms with van der Waals surface area (Å²) in [5, 5.41) is 11.6. The highest BCUT2D eigenvalue weighted by Crippen LogP contribution is 2.17. The molecule has 1 rings (SSSR count). The number of aliphatic carboxylic acids is 1. The van der Waals surface area contributed by atoms with Crippen LogP contribution in [0.2, 0.25) is 0 Å². The van der Waals surface area contributed by atoms with E-state index in [1.807, 2.05) is 0 Å². The van der Waals surface area contributed by atoms with Gasteiger partial charge in [0.1, 0.15) is 0 Å². The molecule has 1 fully saturated rings. The largest absolute Gasteiger partial charge is 0.481 e. The zero-order chi connectivity index (χ0) is 13.7. The van der Waals surface area contributed by atoms with E-state index in [1.165, 1.54) is 7.11 Å². The fourth-order valence-electron chi connectivity index (χ4n) is 2.05. The van der Waals surface area contributed by atoms with E-state index < -0.39 is 23.9 Å². The topological polar surface area (TPSA) is 122 Å². The van der Waals surface area contributed by atoms with Crippen LogP contribution >= 0.6 is 0 Å². The maximum absolute atomic E-state index is 11.1. The molecule has 102 valence electrons. The number of ether oxygens (including phenoxy) is 1. The van der Waals surface area contributed by atoms with Gasteiger partial charge in [-0.25, -0.2) is 4.79 Å². The number of primary amides is 1. The first-order valence-corrected chi connectivity index (χ1v) is 5.50. The monoisotopic (exact) mass is 259 g/mol. The predicted octanol–water partition coefficient (Wildman–Crippen LogP) is -1.40. The Balaban J connectivity index is 2.64. The molecule has 0 spiro atoms. The smallest absolute Gasteiger partial charge is 0.407 e. The Morgan fingerprint density at radius 3 is 2.61 bits per heavy atom. The number of nitrogens with one attached hydrogen (secondary N) is 1. The Kier molecular flexibility index (Phi) is 4.90. The van der Waals surface area contributed by atoms with Crippen LogP contribution in [0.15, 0.2) is 0 Å². The zero-order valence-corrected chi connectivity index (χ0v) is 10.1. The van der Waals surface area contributed by atoms with Gasteiger partial charge in [-0.3, -0.25) is 14.5 Å². The van der Waals surface area contributed by atoms with Crippen molar-refractivity contribution in [2.24, 2.45) is 11.7 Å². The van der Waals surface area contributed by atoms with E-state index in [2.05, 4.69) is 10.1 Å². The Bertz CT molecular complexity index is 346.